The molecule has 2 aliphatic heterocycles. The number of nitrogens with one attached hydrogen (secondary N) is 1. The Bertz CT molecular complexity index is 859. The van der Waals surface area contributed by atoms with Gasteiger partial charge in [-0.25, -0.2) is 4.98 Å². The fourth-order valence-corrected chi connectivity index (χ4v) is 4.49. The maximum Gasteiger partial charge on any atom is 0.255 e. The number of methoxy groups -OCH3 is 1. The highest BCUT2D eigenvalue weighted by Crippen LogP contribution is 2.29. The molecule has 4 rings (SSSR count). The minimum absolute atomic E-state index is 0.0918. The van der Waals surface area contributed by atoms with Crippen molar-refractivity contribution in [1.29, 1.82) is 0 Å². The van der Waals surface area contributed by atoms with Gasteiger partial charge in [0.25, 0.3) is 5.91 Å². The number of ether oxygens (including phenoxy) is 2. The Morgan fingerprint density at radius 1 is 1.36 bits per heavy atom. The lowest BCUT2D eigenvalue weighted by Gasteiger charge is -2.26. The molecule has 1 N–H and O–H groups in total. The molecule has 2 aliphatic rings. The molecule has 8 heteroatoms. The van der Waals surface area contributed by atoms with Crippen molar-refractivity contribution in [2.24, 2.45) is 0 Å². The van der Waals surface area contributed by atoms with Crippen LogP contribution in [0.3, 0.4) is 0 Å². The Kier molecular flexibility index (Phi) is 5.59. The lowest BCUT2D eigenvalue weighted by molar-refractivity contribution is -0.131. The van der Waals surface area contributed by atoms with Crippen LogP contribution in [0.4, 0.5) is 5.13 Å². The van der Waals surface area contributed by atoms with E-state index in [-0.39, 0.29) is 17.9 Å². The van der Waals surface area contributed by atoms with Crippen molar-refractivity contribution in [3.8, 4) is 5.75 Å². The molecule has 0 spiro atoms. The van der Waals surface area contributed by atoms with Crippen LogP contribution < -0.4 is 10.1 Å². The van der Waals surface area contributed by atoms with E-state index in [4.69, 9.17) is 9.47 Å². The lowest BCUT2D eigenvalue weighted by Crippen LogP contribution is -2.36. The van der Waals surface area contributed by atoms with Gasteiger partial charge in [0.15, 0.2) is 5.13 Å². The zero-order chi connectivity index (χ0) is 19.5. The van der Waals surface area contributed by atoms with Gasteiger partial charge >= 0.3 is 0 Å². The number of rotatable bonds is 5. The summed E-state index contributed by atoms with van der Waals surface area (Å²) in [5.74, 6) is 0.742. The second kappa shape index (κ2) is 8.28. The van der Waals surface area contributed by atoms with Crippen molar-refractivity contribution in [3.05, 3.63) is 40.4 Å². The van der Waals surface area contributed by atoms with Gasteiger partial charge in [0, 0.05) is 24.4 Å². The first-order valence-electron chi connectivity index (χ1n) is 9.44. The van der Waals surface area contributed by atoms with Gasteiger partial charge in [-0.15, -0.1) is 0 Å². The highest BCUT2D eigenvalue weighted by atomic mass is 32.1. The summed E-state index contributed by atoms with van der Waals surface area (Å²) in [6, 6.07) is 7.56. The summed E-state index contributed by atoms with van der Waals surface area (Å²) in [5, 5.41) is 3.46. The number of hydrogen-bond acceptors (Lipinski definition) is 6. The molecular formula is C20H23N3O4S. The molecule has 3 heterocycles. The molecule has 28 heavy (non-hydrogen) atoms. The average Bonchev–Trinajstić information content (AvgIpc) is 3.37. The third kappa shape index (κ3) is 4.18. The van der Waals surface area contributed by atoms with Gasteiger partial charge in [-0.1, -0.05) is 23.5 Å². The predicted molar refractivity (Wildman–Crippen MR) is 106 cm³/mol. The third-order valence-electron chi connectivity index (χ3n) is 5.05. The summed E-state index contributed by atoms with van der Waals surface area (Å²) in [6.45, 7) is 1.82. The van der Waals surface area contributed by atoms with Crippen LogP contribution in [0.5, 0.6) is 5.75 Å². The van der Waals surface area contributed by atoms with E-state index in [1.54, 1.807) is 7.11 Å². The Balaban J connectivity index is 1.36. The Hall–Kier alpha value is -2.45. The molecule has 148 valence electrons. The summed E-state index contributed by atoms with van der Waals surface area (Å²) in [5.41, 5.74) is 1.94. The molecule has 2 amide bonds. The van der Waals surface area contributed by atoms with Gasteiger partial charge in [-0.2, -0.15) is 0 Å². The van der Waals surface area contributed by atoms with E-state index in [9.17, 15) is 9.59 Å². The Labute approximate surface area is 167 Å². The molecule has 0 bridgehead atoms. The van der Waals surface area contributed by atoms with Crippen LogP contribution in [0.1, 0.15) is 29.0 Å². The summed E-state index contributed by atoms with van der Waals surface area (Å²) in [7, 11) is 1.62. The van der Waals surface area contributed by atoms with E-state index in [1.807, 2.05) is 29.2 Å². The quantitative estimate of drug-likeness (QED) is 0.832. The van der Waals surface area contributed by atoms with Crippen LogP contribution >= 0.6 is 11.3 Å². The first-order chi connectivity index (χ1) is 13.6. The minimum Gasteiger partial charge on any atom is -0.497 e. The van der Waals surface area contributed by atoms with Crippen LogP contribution in [0.2, 0.25) is 0 Å². The first-order valence-corrected chi connectivity index (χ1v) is 10.3. The van der Waals surface area contributed by atoms with Crippen molar-refractivity contribution in [2.45, 2.75) is 38.3 Å². The molecule has 1 unspecified atom stereocenters. The topological polar surface area (TPSA) is 80.8 Å². The Morgan fingerprint density at radius 3 is 2.89 bits per heavy atom. The number of hydrogen-bond donors (Lipinski definition) is 1. The van der Waals surface area contributed by atoms with Crippen molar-refractivity contribution in [2.75, 3.05) is 25.6 Å². The summed E-state index contributed by atoms with van der Waals surface area (Å²) in [6.07, 6.45) is 2.36. The van der Waals surface area contributed by atoms with Crippen LogP contribution in [-0.4, -0.2) is 48.1 Å². The van der Waals surface area contributed by atoms with Gasteiger partial charge in [0.2, 0.25) is 5.91 Å². The molecule has 7 nitrogen and oxygen atoms in total. The van der Waals surface area contributed by atoms with Crippen LogP contribution in [-0.2, 0) is 33.7 Å². The smallest absolute Gasteiger partial charge is 0.255 e. The fraction of sp³-hybridized carbons (Fsp3) is 0.450. The maximum absolute atomic E-state index is 12.7. The molecule has 1 aromatic carbocycles. The van der Waals surface area contributed by atoms with E-state index in [2.05, 4.69) is 10.3 Å². The van der Waals surface area contributed by atoms with E-state index in [0.29, 0.717) is 37.7 Å². The highest BCUT2D eigenvalue weighted by molar-refractivity contribution is 7.15. The molecule has 1 aromatic heterocycles. The molecule has 0 aliphatic carbocycles. The number of fused-ring (bicyclic) bond motifs is 1. The van der Waals surface area contributed by atoms with Gasteiger partial charge in [-0.05, 0) is 30.5 Å². The fourth-order valence-electron chi connectivity index (χ4n) is 3.46. The first kappa shape index (κ1) is 18.9. The second-order valence-electron chi connectivity index (χ2n) is 6.97. The van der Waals surface area contributed by atoms with Crippen LogP contribution in [0, 0.1) is 0 Å². The van der Waals surface area contributed by atoms with Crippen molar-refractivity contribution < 1.29 is 19.1 Å². The molecular weight excluding hydrogens is 378 g/mol. The van der Waals surface area contributed by atoms with Crippen molar-refractivity contribution in [3.63, 3.8) is 0 Å². The molecule has 1 saturated heterocycles. The van der Waals surface area contributed by atoms with E-state index >= 15 is 0 Å². The zero-order valence-electron chi connectivity index (χ0n) is 15.8. The number of carbonyl (C=O) groups is 2. The van der Waals surface area contributed by atoms with Gasteiger partial charge in [0.05, 0.1) is 25.8 Å². The zero-order valence-corrected chi connectivity index (χ0v) is 16.6. The van der Waals surface area contributed by atoms with E-state index in [1.165, 1.54) is 11.3 Å². The van der Waals surface area contributed by atoms with Gasteiger partial charge in [0.1, 0.15) is 11.9 Å². The molecule has 0 saturated carbocycles. The monoisotopic (exact) mass is 401 g/mol. The SMILES string of the molecule is COc1ccc(CC(=O)N2CCc3nc(NC(=O)C4CCCO4)sc3C2)cc1. The second-order valence-corrected chi connectivity index (χ2v) is 8.05. The number of amides is 2. The number of anilines is 1. The lowest BCUT2D eigenvalue weighted by atomic mass is 10.1. The number of aromatic nitrogens is 1. The Morgan fingerprint density at radius 2 is 2.18 bits per heavy atom. The third-order valence-corrected chi connectivity index (χ3v) is 6.05. The summed E-state index contributed by atoms with van der Waals surface area (Å²) >= 11 is 1.45. The summed E-state index contributed by atoms with van der Waals surface area (Å²) in [4.78, 5) is 32.3. The molecule has 2 aromatic rings. The largest absolute Gasteiger partial charge is 0.497 e. The molecule has 1 fully saturated rings. The normalized spacial score (nSPS) is 18.6. The number of thiazole rings is 1. The molecule has 0 radical (unpaired) electrons. The summed E-state index contributed by atoms with van der Waals surface area (Å²) < 4.78 is 10.6. The minimum atomic E-state index is -0.372. The van der Waals surface area contributed by atoms with Crippen molar-refractivity contribution in [1.82, 2.24) is 9.88 Å². The van der Waals surface area contributed by atoms with E-state index < -0.39 is 0 Å². The van der Waals surface area contributed by atoms with Gasteiger partial charge < -0.3 is 14.4 Å². The standard InChI is InChI=1S/C20H23N3O4S/c1-26-14-6-4-13(5-7-14)11-18(24)23-9-8-15-17(12-23)28-20(21-15)22-19(25)16-3-2-10-27-16/h4-7,16H,2-3,8-12H2,1H3,(H,21,22,25). The average molecular weight is 401 g/mol. The number of benzene rings is 1. The van der Waals surface area contributed by atoms with Crippen LogP contribution in [0.25, 0.3) is 0 Å². The van der Waals surface area contributed by atoms with Crippen LogP contribution in [0.15, 0.2) is 24.3 Å². The number of carbonyl (C=O) groups excluding carboxylic acids is 2. The van der Waals surface area contributed by atoms with Gasteiger partial charge in [-0.3, -0.25) is 14.9 Å². The number of nitrogens with zero attached hydrogens (tertiary/aromatic N) is 2. The van der Waals surface area contributed by atoms with Crippen molar-refractivity contribution >= 4 is 28.3 Å². The predicted octanol–water partition coefficient (Wildman–Crippen LogP) is 2.40. The maximum atomic E-state index is 12.7. The van der Waals surface area contributed by atoms with E-state index in [0.717, 1.165) is 34.7 Å². The molecule has 1 atom stereocenters. The highest BCUT2D eigenvalue weighted by Gasteiger charge is 2.27.